The molecule has 0 aliphatic heterocycles. The molecular weight excluding hydrogens is 198 g/mol. The molecule has 15 heavy (non-hydrogen) atoms. The second kappa shape index (κ2) is 9.45. The first-order chi connectivity index (χ1) is 7.16. The standard InChI is InChI=1S/C10H19NO4/c1-2-11-7-8-15-10(14)6-4-3-5-9(12)13/h11H,2-8H2,1H3,(H,12,13). The number of hydrogen-bond acceptors (Lipinski definition) is 4. The molecular formula is C10H19NO4. The van der Waals surface area contributed by atoms with E-state index in [2.05, 4.69) is 5.32 Å². The number of unbranched alkanes of at least 4 members (excludes halogenated alkanes) is 1. The lowest BCUT2D eigenvalue weighted by molar-refractivity contribution is -0.144. The topological polar surface area (TPSA) is 75.6 Å². The van der Waals surface area contributed by atoms with Gasteiger partial charge in [0.2, 0.25) is 0 Å². The van der Waals surface area contributed by atoms with Crippen molar-refractivity contribution < 1.29 is 19.4 Å². The summed E-state index contributed by atoms with van der Waals surface area (Å²) in [5, 5.41) is 11.4. The average molecular weight is 217 g/mol. The van der Waals surface area contributed by atoms with E-state index in [9.17, 15) is 9.59 Å². The SMILES string of the molecule is CCNCCOC(=O)CCCCC(=O)O. The Bertz CT molecular complexity index is 194. The van der Waals surface area contributed by atoms with Crippen molar-refractivity contribution in [1.29, 1.82) is 0 Å². The van der Waals surface area contributed by atoms with E-state index < -0.39 is 5.97 Å². The van der Waals surface area contributed by atoms with Crippen molar-refractivity contribution in [1.82, 2.24) is 5.32 Å². The fourth-order valence-corrected chi connectivity index (χ4v) is 1.03. The van der Waals surface area contributed by atoms with Crippen LogP contribution >= 0.6 is 0 Å². The maximum absolute atomic E-state index is 11.1. The van der Waals surface area contributed by atoms with Crippen LogP contribution in [0.3, 0.4) is 0 Å². The predicted octanol–water partition coefficient (Wildman–Crippen LogP) is 0.784. The third-order valence-corrected chi connectivity index (χ3v) is 1.81. The summed E-state index contributed by atoms with van der Waals surface area (Å²) in [5.74, 6) is -1.08. The number of rotatable bonds is 9. The van der Waals surface area contributed by atoms with Crippen LogP contribution in [0.5, 0.6) is 0 Å². The summed E-state index contributed by atoms with van der Waals surface area (Å²) in [6.45, 7) is 3.88. The number of carboxylic acid groups (broad SMARTS) is 1. The molecule has 0 saturated heterocycles. The van der Waals surface area contributed by atoms with Crippen LogP contribution in [-0.2, 0) is 14.3 Å². The van der Waals surface area contributed by atoms with Gasteiger partial charge in [0.1, 0.15) is 6.61 Å². The molecule has 0 fully saturated rings. The molecule has 2 N–H and O–H groups in total. The van der Waals surface area contributed by atoms with Gasteiger partial charge >= 0.3 is 11.9 Å². The van der Waals surface area contributed by atoms with Crippen LogP contribution in [0.25, 0.3) is 0 Å². The van der Waals surface area contributed by atoms with Gasteiger partial charge in [-0.05, 0) is 19.4 Å². The summed E-state index contributed by atoms with van der Waals surface area (Å²) in [4.78, 5) is 21.2. The first kappa shape index (κ1) is 13.9. The molecule has 0 amide bonds. The molecule has 0 radical (unpaired) electrons. The van der Waals surface area contributed by atoms with Crippen LogP contribution in [0.15, 0.2) is 0 Å². The Labute approximate surface area is 89.8 Å². The fraction of sp³-hybridized carbons (Fsp3) is 0.800. The van der Waals surface area contributed by atoms with Crippen LogP contribution < -0.4 is 5.32 Å². The summed E-state index contributed by atoms with van der Waals surface area (Å²) < 4.78 is 4.90. The molecule has 0 aliphatic carbocycles. The van der Waals surface area contributed by atoms with Crippen molar-refractivity contribution in [3.05, 3.63) is 0 Å². The first-order valence-electron chi connectivity index (χ1n) is 5.25. The number of carbonyl (C=O) groups excluding carboxylic acids is 1. The molecule has 0 aromatic carbocycles. The van der Waals surface area contributed by atoms with Gasteiger partial charge in [0.15, 0.2) is 0 Å². The molecule has 0 rings (SSSR count). The Morgan fingerprint density at radius 3 is 2.53 bits per heavy atom. The van der Waals surface area contributed by atoms with Gasteiger partial charge in [-0.25, -0.2) is 0 Å². The number of likely N-dealkylation sites (N-methyl/N-ethyl adjacent to an activating group) is 1. The van der Waals surface area contributed by atoms with Gasteiger partial charge in [-0.1, -0.05) is 6.92 Å². The summed E-state index contributed by atoms with van der Waals surface area (Å²) in [6.07, 6.45) is 1.52. The van der Waals surface area contributed by atoms with E-state index in [0.717, 1.165) is 6.54 Å². The maximum atomic E-state index is 11.1. The zero-order valence-corrected chi connectivity index (χ0v) is 9.12. The van der Waals surface area contributed by atoms with E-state index in [0.29, 0.717) is 32.4 Å². The van der Waals surface area contributed by atoms with E-state index in [-0.39, 0.29) is 12.4 Å². The molecule has 0 aromatic rings. The Kier molecular flexibility index (Phi) is 8.76. The number of carbonyl (C=O) groups is 2. The van der Waals surface area contributed by atoms with Crippen LogP contribution in [0.2, 0.25) is 0 Å². The fourth-order valence-electron chi connectivity index (χ4n) is 1.03. The first-order valence-corrected chi connectivity index (χ1v) is 5.25. The summed E-state index contributed by atoms with van der Waals surface area (Å²) in [5.41, 5.74) is 0. The Morgan fingerprint density at radius 2 is 1.93 bits per heavy atom. The summed E-state index contributed by atoms with van der Waals surface area (Å²) in [7, 11) is 0. The highest BCUT2D eigenvalue weighted by Crippen LogP contribution is 2.00. The minimum absolute atomic E-state index is 0.116. The molecule has 0 spiro atoms. The van der Waals surface area contributed by atoms with Gasteiger partial charge in [-0.15, -0.1) is 0 Å². The molecule has 0 saturated carbocycles. The van der Waals surface area contributed by atoms with Crippen molar-refractivity contribution in [2.24, 2.45) is 0 Å². The molecule has 5 heteroatoms. The van der Waals surface area contributed by atoms with Crippen molar-refractivity contribution in [2.45, 2.75) is 32.6 Å². The highest BCUT2D eigenvalue weighted by Gasteiger charge is 2.03. The molecule has 0 aliphatic rings. The van der Waals surface area contributed by atoms with E-state index in [1.165, 1.54) is 0 Å². The Balaban J connectivity index is 3.22. The largest absolute Gasteiger partial charge is 0.481 e. The third-order valence-electron chi connectivity index (χ3n) is 1.81. The summed E-state index contributed by atoms with van der Waals surface area (Å²) >= 11 is 0. The number of carboxylic acids is 1. The van der Waals surface area contributed by atoms with Crippen LogP contribution in [-0.4, -0.2) is 36.7 Å². The predicted molar refractivity (Wildman–Crippen MR) is 55.6 cm³/mol. The lowest BCUT2D eigenvalue weighted by Crippen LogP contribution is -2.20. The smallest absolute Gasteiger partial charge is 0.305 e. The lowest BCUT2D eigenvalue weighted by Gasteiger charge is -2.04. The lowest BCUT2D eigenvalue weighted by atomic mass is 10.2. The molecule has 0 heterocycles. The molecule has 0 aromatic heterocycles. The van der Waals surface area contributed by atoms with Gasteiger partial charge in [-0.2, -0.15) is 0 Å². The summed E-state index contributed by atoms with van der Waals surface area (Å²) in [6, 6.07) is 0. The van der Waals surface area contributed by atoms with E-state index in [1.54, 1.807) is 0 Å². The van der Waals surface area contributed by atoms with Crippen molar-refractivity contribution in [3.63, 3.8) is 0 Å². The number of nitrogens with one attached hydrogen (secondary N) is 1. The van der Waals surface area contributed by atoms with Gasteiger partial charge in [0.05, 0.1) is 0 Å². The number of esters is 1. The normalized spacial score (nSPS) is 9.93. The minimum atomic E-state index is -0.824. The number of aliphatic carboxylic acids is 1. The second-order valence-corrected chi connectivity index (χ2v) is 3.17. The molecule has 0 unspecified atom stereocenters. The second-order valence-electron chi connectivity index (χ2n) is 3.17. The van der Waals surface area contributed by atoms with Gasteiger partial charge in [0, 0.05) is 19.4 Å². The van der Waals surface area contributed by atoms with Crippen molar-refractivity contribution in [3.8, 4) is 0 Å². The van der Waals surface area contributed by atoms with Crippen molar-refractivity contribution >= 4 is 11.9 Å². The molecule has 5 nitrogen and oxygen atoms in total. The Hall–Kier alpha value is -1.10. The average Bonchev–Trinajstić information content (AvgIpc) is 2.19. The number of hydrogen-bond donors (Lipinski definition) is 2. The van der Waals surface area contributed by atoms with Gasteiger partial charge < -0.3 is 15.2 Å². The number of ether oxygens (including phenoxy) is 1. The van der Waals surface area contributed by atoms with Crippen LogP contribution in [0.4, 0.5) is 0 Å². The molecule has 88 valence electrons. The van der Waals surface area contributed by atoms with E-state index >= 15 is 0 Å². The maximum Gasteiger partial charge on any atom is 0.305 e. The van der Waals surface area contributed by atoms with E-state index in [4.69, 9.17) is 9.84 Å². The minimum Gasteiger partial charge on any atom is -0.481 e. The van der Waals surface area contributed by atoms with Gasteiger partial charge in [0.25, 0.3) is 0 Å². The highest BCUT2D eigenvalue weighted by molar-refractivity contribution is 5.69. The molecule has 0 bridgehead atoms. The third kappa shape index (κ3) is 10.8. The van der Waals surface area contributed by atoms with Crippen molar-refractivity contribution in [2.75, 3.05) is 19.7 Å². The van der Waals surface area contributed by atoms with Gasteiger partial charge in [-0.3, -0.25) is 9.59 Å². The van der Waals surface area contributed by atoms with Crippen LogP contribution in [0.1, 0.15) is 32.6 Å². The Morgan fingerprint density at radius 1 is 1.27 bits per heavy atom. The zero-order valence-electron chi connectivity index (χ0n) is 9.12. The quantitative estimate of drug-likeness (QED) is 0.441. The monoisotopic (exact) mass is 217 g/mol. The molecule has 0 atom stereocenters. The van der Waals surface area contributed by atoms with Crippen LogP contribution in [0, 0.1) is 0 Å². The van der Waals surface area contributed by atoms with E-state index in [1.807, 2.05) is 6.92 Å². The zero-order chi connectivity index (χ0) is 11.5. The highest BCUT2D eigenvalue weighted by atomic mass is 16.5.